The van der Waals surface area contributed by atoms with E-state index in [-0.39, 0.29) is 5.91 Å². The maximum Gasteiger partial charge on any atom is 0.232 e. The molecule has 0 aromatic heterocycles. The second kappa shape index (κ2) is 2.44. The van der Waals surface area contributed by atoms with Gasteiger partial charge in [0.1, 0.15) is 4.43 Å². The zero-order valence-corrected chi connectivity index (χ0v) is 4.60. The zero-order chi connectivity index (χ0) is 4.28. The first-order chi connectivity index (χ1) is 2.27. The first-order valence-corrected chi connectivity index (χ1v) is 2.25. The molecule has 0 aliphatic heterocycles. The molecule has 0 aromatic rings. The lowest BCUT2D eigenvalue weighted by molar-refractivity contribution is -0.114. The molecule has 0 heterocycles. The van der Waals surface area contributed by atoms with E-state index in [4.69, 9.17) is 0 Å². The summed E-state index contributed by atoms with van der Waals surface area (Å²) in [4.78, 5) is 9.53. The highest BCUT2D eigenvalue weighted by atomic mass is 127. The van der Waals surface area contributed by atoms with Gasteiger partial charge >= 0.3 is 0 Å². The highest BCUT2D eigenvalue weighted by molar-refractivity contribution is 14.1. The number of nitrogens with two attached hydrogens (primary N) is 1. The fourth-order valence-electron chi connectivity index (χ4n) is 0. The van der Waals surface area contributed by atoms with E-state index >= 15 is 0 Å². The Labute approximate surface area is 43.9 Å². The molecule has 0 fully saturated rings. The number of amides is 1. The van der Waals surface area contributed by atoms with Gasteiger partial charge in [0.15, 0.2) is 0 Å². The van der Waals surface area contributed by atoms with Gasteiger partial charge in [0.2, 0.25) is 5.91 Å². The fourth-order valence-corrected chi connectivity index (χ4v) is 0. The van der Waals surface area contributed by atoms with Crippen molar-refractivity contribution in [3.05, 3.63) is 4.43 Å². The molecule has 0 aromatic carbocycles. The number of carbonyl (C=O) groups excluding carboxylic acids is 1. The molecule has 1 radical (unpaired) electrons. The Balaban J connectivity index is 2.85. The SMILES string of the molecule is NC(=O)[CH]I. The van der Waals surface area contributed by atoms with E-state index in [0.717, 1.165) is 0 Å². The van der Waals surface area contributed by atoms with Crippen LogP contribution in [0.25, 0.3) is 0 Å². The van der Waals surface area contributed by atoms with Gasteiger partial charge in [0.25, 0.3) is 0 Å². The Morgan fingerprint density at radius 2 is 2.20 bits per heavy atom. The standard InChI is InChI=1S/C2H3INO/c3-1-2(4)5/h1H,(H2,4,5). The Kier molecular flexibility index (Phi) is 2.54. The summed E-state index contributed by atoms with van der Waals surface area (Å²) in [5, 5.41) is 0. The lowest BCUT2D eigenvalue weighted by Crippen LogP contribution is -2.06. The minimum atomic E-state index is -0.384. The van der Waals surface area contributed by atoms with Crippen molar-refractivity contribution in [3.8, 4) is 0 Å². The van der Waals surface area contributed by atoms with Crippen molar-refractivity contribution in [2.45, 2.75) is 0 Å². The maximum absolute atomic E-state index is 9.53. The second-order valence-electron chi connectivity index (χ2n) is 0.511. The normalized spacial score (nSPS) is 7.40. The molecule has 0 spiro atoms. The van der Waals surface area contributed by atoms with Gasteiger partial charge in [0.05, 0.1) is 0 Å². The third kappa shape index (κ3) is 4.20. The number of hydrogen-bond acceptors (Lipinski definition) is 1. The number of carbonyl (C=O) groups is 1. The summed E-state index contributed by atoms with van der Waals surface area (Å²) in [5.74, 6) is -0.384. The third-order valence-electron chi connectivity index (χ3n) is 0.108. The molecular formula is C2H3INO. The van der Waals surface area contributed by atoms with Gasteiger partial charge in [0, 0.05) is 0 Å². The molecule has 0 aliphatic rings. The molecule has 29 valence electrons. The molecule has 2 N–H and O–H groups in total. The summed E-state index contributed by atoms with van der Waals surface area (Å²) in [6.45, 7) is 0. The van der Waals surface area contributed by atoms with Gasteiger partial charge in [-0.1, -0.05) is 22.6 Å². The first-order valence-electron chi connectivity index (χ1n) is 1.000. The van der Waals surface area contributed by atoms with Gasteiger partial charge in [-0.2, -0.15) is 0 Å². The van der Waals surface area contributed by atoms with Crippen LogP contribution in [-0.2, 0) is 4.79 Å². The summed E-state index contributed by atoms with van der Waals surface area (Å²) in [5.41, 5.74) is 4.59. The average Bonchev–Trinajstić information content (AvgIpc) is 1.38. The monoisotopic (exact) mass is 184 g/mol. The van der Waals surface area contributed by atoms with Crippen LogP contribution in [-0.4, -0.2) is 5.91 Å². The van der Waals surface area contributed by atoms with Crippen molar-refractivity contribution in [2.24, 2.45) is 5.73 Å². The van der Waals surface area contributed by atoms with Crippen molar-refractivity contribution in [2.75, 3.05) is 0 Å². The van der Waals surface area contributed by atoms with E-state index in [0.29, 0.717) is 0 Å². The Morgan fingerprint density at radius 3 is 2.20 bits per heavy atom. The van der Waals surface area contributed by atoms with Crippen LogP contribution in [0, 0.1) is 4.43 Å². The molecule has 3 heteroatoms. The van der Waals surface area contributed by atoms with Crippen LogP contribution >= 0.6 is 22.6 Å². The summed E-state index contributed by atoms with van der Waals surface area (Å²) >= 11 is 1.78. The summed E-state index contributed by atoms with van der Waals surface area (Å²) < 4.78 is 1.28. The van der Waals surface area contributed by atoms with Crippen LogP contribution in [0.3, 0.4) is 0 Å². The minimum absolute atomic E-state index is 0.384. The predicted molar refractivity (Wildman–Crippen MR) is 27.5 cm³/mol. The zero-order valence-electron chi connectivity index (χ0n) is 2.44. The number of primary amides is 1. The molecule has 0 rings (SSSR count). The van der Waals surface area contributed by atoms with E-state index in [1.807, 2.05) is 0 Å². The third-order valence-corrected chi connectivity index (χ3v) is 0.721. The maximum atomic E-state index is 9.53. The van der Waals surface area contributed by atoms with Gasteiger partial charge < -0.3 is 5.73 Å². The lowest BCUT2D eigenvalue weighted by Gasteiger charge is -1.70. The highest BCUT2D eigenvalue weighted by Gasteiger charge is 1.80. The molecule has 0 saturated heterocycles. The number of hydrogen-bond donors (Lipinski definition) is 1. The van der Waals surface area contributed by atoms with E-state index in [2.05, 4.69) is 5.73 Å². The molecule has 1 amide bonds. The van der Waals surface area contributed by atoms with Crippen molar-refractivity contribution in [3.63, 3.8) is 0 Å². The quantitative estimate of drug-likeness (QED) is 0.575. The largest absolute Gasteiger partial charge is 0.369 e. The topological polar surface area (TPSA) is 43.1 Å². The molecular weight excluding hydrogens is 181 g/mol. The van der Waals surface area contributed by atoms with Crippen LogP contribution in [0.2, 0.25) is 0 Å². The van der Waals surface area contributed by atoms with E-state index in [9.17, 15) is 4.79 Å². The summed E-state index contributed by atoms with van der Waals surface area (Å²) in [6, 6.07) is 0. The van der Waals surface area contributed by atoms with Crippen LogP contribution in [0.15, 0.2) is 0 Å². The summed E-state index contributed by atoms with van der Waals surface area (Å²) in [6.07, 6.45) is 0. The highest BCUT2D eigenvalue weighted by Crippen LogP contribution is 1.82. The predicted octanol–water partition coefficient (Wildman–Crippen LogP) is 0.0685. The van der Waals surface area contributed by atoms with E-state index in [1.54, 1.807) is 22.6 Å². The minimum Gasteiger partial charge on any atom is -0.369 e. The lowest BCUT2D eigenvalue weighted by atomic mass is 10.8. The van der Waals surface area contributed by atoms with Gasteiger partial charge in [-0.15, -0.1) is 0 Å². The number of halogens is 1. The Bertz CT molecular complexity index is 44.9. The molecule has 0 bridgehead atoms. The molecule has 2 nitrogen and oxygen atoms in total. The van der Waals surface area contributed by atoms with Crippen molar-refractivity contribution in [1.82, 2.24) is 0 Å². The molecule has 5 heavy (non-hydrogen) atoms. The van der Waals surface area contributed by atoms with Crippen LogP contribution in [0.1, 0.15) is 0 Å². The smallest absolute Gasteiger partial charge is 0.232 e. The molecule has 0 saturated carbocycles. The van der Waals surface area contributed by atoms with Gasteiger partial charge in [-0.3, -0.25) is 4.79 Å². The first kappa shape index (κ1) is 5.20. The van der Waals surface area contributed by atoms with Crippen molar-refractivity contribution in [1.29, 1.82) is 0 Å². The van der Waals surface area contributed by atoms with Crippen molar-refractivity contribution >= 4 is 28.5 Å². The van der Waals surface area contributed by atoms with Crippen LogP contribution < -0.4 is 5.73 Å². The molecule has 0 aliphatic carbocycles. The summed E-state index contributed by atoms with van der Waals surface area (Å²) in [7, 11) is 0. The fraction of sp³-hybridized carbons (Fsp3) is 0. The van der Waals surface area contributed by atoms with E-state index < -0.39 is 0 Å². The average molecular weight is 184 g/mol. The molecule has 0 unspecified atom stereocenters. The second-order valence-corrected chi connectivity index (χ2v) is 1.13. The van der Waals surface area contributed by atoms with Crippen LogP contribution in [0.4, 0.5) is 0 Å². The number of rotatable bonds is 1. The van der Waals surface area contributed by atoms with Gasteiger partial charge in [-0.05, 0) is 0 Å². The van der Waals surface area contributed by atoms with Crippen LogP contribution in [0.5, 0.6) is 0 Å². The van der Waals surface area contributed by atoms with E-state index in [1.165, 1.54) is 4.43 Å². The Hall–Kier alpha value is 0.200. The van der Waals surface area contributed by atoms with Crippen molar-refractivity contribution < 1.29 is 4.79 Å². The Morgan fingerprint density at radius 1 is 2.00 bits per heavy atom. The van der Waals surface area contributed by atoms with Gasteiger partial charge in [-0.25, -0.2) is 0 Å². The molecule has 0 atom stereocenters.